The summed E-state index contributed by atoms with van der Waals surface area (Å²) in [6.45, 7) is 1.37. The molecule has 0 aliphatic carbocycles. The number of hydrogen-bond acceptors (Lipinski definition) is 5. The van der Waals surface area contributed by atoms with E-state index >= 15 is 0 Å². The fourth-order valence-corrected chi connectivity index (χ4v) is 2.21. The average Bonchev–Trinajstić information content (AvgIpc) is 2.81. The van der Waals surface area contributed by atoms with Crippen molar-refractivity contribution in [1.29, 1.82) is 0 Å². The van der Waals surface area contributed by atoms with E-state index in [1.165, 1.54) is 0 Å². The van der Waals surface area contributed by atoms with E-state index in [0.717, 1.165) is 18.5 Å². The van der Waals surface area contributed by atoms with E-state index in [-0.39, 0.29) is 12.1 Å². The van der Waals surface area contributed by atoms with Gasteiger partial charge in [-0.05, 0) is 25.0 Å². The first-order valence-electron chi connectivity index (χ1n) is 6.10. The molecule has 3 heterocycles. The highest BCUT2D eigenvalue weighted by Gasteiger charge is 2.32. The summed E-state index contributed by atoms with van der Waals surface area (Å²) >= 11 is 0. The predicted octanol–water partition coefficient (Wildman–Crippen LogP) is 0.683. The molecule has 0 unspecified atom stereocenters. The Hall–Kier alpha value is -1.66. The van der Waals surface area contributed by atoms with Crippen molar-refractivity contribution >= 4 is 11.6 Å². The largest absolute Gasteiger partial charge is 0.394 e. The topological polar surface area (TPSA) is 71.7 Å². The number of fused-ring (bicyclic) bond motifs is 1. The Morgan fingerprint density at radius 1 is 1.39 bits per heavy atom. The van der Waals surface area contributed by atoms with Gasteiger partial charge in [0, 0.05) is 19.4 Å². The lowest BCUT2D eigenvalue weighted by molar-refractivity contribution is 0.0377. The van der Waals surface area contributed by atoms with E-state index in [1.54, 1.807) is 4.52 Å². The normalized spacial score (nSPS) is 18.9. The fourth-order valence-electron chi connectivity index (χ4n) is 2.21. The van der Waals surface area contributed by atoms with Crippen LogP contribution in [0.25, 0.3) is 5.65 Å². The number of nitrogens with zero attached hydrogens (tertiary/aromatic N) is 3. The van der Waals surface area contributed by atoms with Crippen molar-refractivity contribution in [2.24, 2.45) is 0 Å². The molecule has 96 valence electrons. The predicted molar refractivity (Wildman–Crippen MR) is 66.5 cm³/mol. The molecule has 0 bridgehead atoms. The standard InChI is InChI=1S/C12H16N4O2/c17-9-12(4-7-18-8-5-12)14-11-13-10-3-1-2-6-16(10)15-11/h1-3,6,17H,4-5,7-9H2,(H,14,15). The molecule has 0 radical (unpaired) electrons. The molecule has 0 amide bonds. The second kappa shape index (κ2) is 4.55. The molecule has 1 aliphatic heterocycles. The van der Waals surface area contributed by atoms with Crippen LogP contribution in [0.1, 0.15) is 12.8 Å². The first-order valence-corrected chi connectivity index (χ1v) is 6.10. The van der Waals surface area contributed by atoms with Crippen LogP contribution in [0.5, 0.6) is 0 Å². The van der Waals surface area contributed by atoms with E-state index < -0.39 is 0 Å². The number of aromatic nitrogens is 3. The fraction of sp³-hybridized carbons (Fsp3) is 0.500. The van der Waals surface area contributed by atoms with E-state index in [2.05, 4.69) is 15.4 Å². The first-order chi connectivity index (χ1) is 8.81. The van der Waals surface area contributed by atoms with Crippen LogP contribution in [0.4, 0.5) is 5.95 Å². The molecule has 1 saturated heterocycles. The van der Waals surface area contributed by atoms with Gasteiger partial charge in [-0.15, -0.1) is 5.10 Å². The number of anilines is 1. The van der Waals surface area contributed by atoms with Crippen LogP contribution < -0.4 is 5.32 Å². The van der Waals surface area contributed by atoms with Crippen molar-refractivity contribution in [1.82, 2.24) is 14.6 Å². The van der Waals surface area contributed by atoms with E-state index in [1.807, 2.05) is 24.4 Å². The second-order valence-corrected chi connectivity index (χ2v) is 4.61. The van der Waals surface area contributed by atoms with Gasteiger partial charge < -0.3 is 15.2 Å². The van der Waals surface area contributed by atoms with Gasteiger partial charge in [0.2, 0.25) is 5.95 Å². The molecule has 0 atom stereocenters. The first kappa shape index (κ1) is 11.4. The van der Waals surface area contributed by atoms with Gasteiger partial charge in [-0.25, -0.2) is 4.52 Å². The van der Waals surface area contributed by atoms with Gasteiger partial charge in [0.1, 0.15) is 0 Å². The van der Waals surface area contributed by atoms with Crippen molar-refractivity contribution in [3.63, 3.8) is 0 Å². The van der Waals surface area contributed by atoms with Crippen LogP contribution in [0, 0.1) is 0 Å². The van der Waals surface area contributed by atoms with Gasteiger partial charge in [-0.1, -0.05) is 6.07 Å². The Bertz CT molecular complexity index is 501. The third kappa shape index (κ3) is 2.04. The molecular weight excluding hydrogens is 232 g/mol. The number of hydrogen-bond donors (Lipinski definition) is 2. The lowest BCUT2D eigenvalue weighted by atomic mass is 9.91. The Morgan fingerprint density at radius 2 is 2.22 bits per heavy atom. The number of ether oxygens (including phenoxy) is 1. The number of aliphatic hydroxyl groups is 1. The van der Waals surface area contributed by atoms with Crippen molar-refractivity contribution in [2.75, 3.05) is 25.1 Å². The summed E-state index contributed by atoms with van der Waals surface area (Å²) in [6.07, 6.45) is 3.38. The number of aliphatic hydroxyl groups excluding tert-OH is 1. The summed E-state index contributed by atoms with van der Waals surface area (Å²) < 4.78 is 7.04. The van der Waals surface area contributed by atoms with Gasteiger partial charge >= 0.3 is 0 Å². The zero-order valence-corrected chi connectivity index (χ0v) is 10.0. The van der Waals surface area contributed by atoms with Gasteiger partial charge in [0.05, 0.1) is 12.1 Å². The molecule has 2 N–H and O–H groups in total. The summed E-state index contributed by atoms with van der Waals surface area (Å²) in [7, 11) is 0. The molecule has 2 aromatic rings. The van der Waals surface area contributed by atoms with E-state index in [0.29, 0.717) is 19.2 Å². The van der Waals surface area contributed by atoms with Crippen molar-refractivity contribution in [2.45, 2.75) is 18.4 Å². The van der Waals surface area contributed by atoms with Crippen LogP contribution in [0.3, 0.4) is 0 Å². The highest BCUT2D eigenvalue weighted by atomic mass is 16.5. The summed E-state index contributed by atoms with van der Waals surface area (Å²) in [6, 6.07) is 5.72. The summed E-state index contributed by atoms with van der Waals surface area (Å²) in [5.41, 5.74) is 0.434. The molecule has 0 aromatic carbocycles. The van der Waals surface area contributed by atoms with Gasteiger partial charge in [-0.2, -0.15) is 4.98 Å². The minimum Gasteiger partial charge on any atom is -0.394 e. The molecule has 1 aliphatic rings. The van der Waals surface area contributed by atoms with Crippen LogP contribution in [-0.4, -0.2) is 45.1 Å². The maximum absolute atomic E-state index is 9.60. The SMILES string of the molecule is OCC1(Nc2nc3ccccn3n2)CCOCC1. The van der Waals surface area contributed by atoms with Crippen LogP contribution >= 0.6 is 0 Å². The minimum absolute atomic E-state index is 0.0614. The molecule has 0 spiro atoms. The third-order valence-corrected chi connectivity index (χ3v) is 3.37. The van der Waals surface area contributed by atoms with Crippen molar-refractivity contribution in [3.05, 3.63) is 24.4 Å². The van der Waals surface area contributed by atoms with E-state index in [4.69, 9.17) is 4.74 Å². The van der Waals surface area contributed by atoms with Crippen molar-refractivity contribution in [3.8, 4) is 0 Å². The number of pyridine rings is 1. The molecule has 6 nitrogen and oxygen atoms in total. The van der Waals surface area contributed by atoms with Crippen LogP contribution in [-0.2, 0) is 4.74 Å². The Kier molecular flexibility index (Phi) is 2.89. The smallest absolute Gasteiger partial charge is 0.243 e. The Balaban J connectivity index is 1.85. The molecule has 2 aromatic heterocycles. The average molecular weight is 248 g/mol. The quantitative estimate of drug-likeness (QED) is 0.836. The molecule has 0 saturated carbocycles. The Morgan fingerprint density at radius 3 is 2.94 bits per heavy atom. The maximum Gasteiger partial charge on any atom is 0.243 e. The molecular formula is C12H16N4O2. The third-order valence-electron chi connectivity index (χ3n) is 3.37. The van der Waals surface area contributed by atoms with E-state index in [9.17, 15) is 5.11 Å². The lowest BCUT2D eigenvalue weighted by Gasteiger charge is -2.35. The monoisotopic (exact) mass is 248 g/mol. The molecule has 18 heavy (non-hydrogen) atoms. The zero-order chi connectivity index (χ0) is 12.4. The lowest BCUT2D eigenvalue weighted by Crippen LogP contribution is -2.47. The highest BCUT2D eigenvalue weighted by Crippen LogP contribution is 2.24. The van der Waals surface area contributed by atoms with Gasteiger partial charge in [0.25, 0.3) is 0 Å². The Labute approximate surface area is 105 Å². The summed E-state index contributed by atoms with van der Waals surface area (Å²) in [5, 5.41) is 17.2. The zero-order valence-electron chi connectivity index (χ0n) is 10.0. The minimum atomic E-state index is -0.358. The molecule has 6 heteroatoms. The molecule has 3 rings (SSSR count). The highest BCUT2D eigenvalue weighted by molar-refractivity contribution is 5.44. The number of nitrogens with one attached hydrogen (secondary N) is 1. The van der Waals surface area contributed by atoms with Gasteiger partial charge in [0.15, 0.2) is 5.65 Å². The molecule has 1 fully saturated rings. The maximum atomic E-state index is 9.60. The van der Waals surface area contributed by atoms with Crippen LogP contribution in [0.2, 0.25) is 0 Å². The second-order valence-electron chi connectivity index (χ2n) is 4.61. The van der Waals surface area contributed by atoms with Gasteiger partial charge in [-0.3, -0.25) is 0 Å². The van der Waals surface area contributed by atoms with Crippen molar-refractivity contribution < 1.29 is 9.84 Å². The summed E-state index contributed by atoms with van der Waals surface area (Å²) in [4.78, 5) is 4.39. The summed E-state index contributed by atoms with van der Waals surface area (Å²) in [5.74, 6) is 0.553. The number of rotatable bonds is 3. The van der Waals surface area contributed by atoms with Crippen LogP contribution in [0.15, 0.2) is 24.4 Å².